The number of likely N-dealkylation sites (tertiary alicyclic amines) is 1. The van der Waals surface area contributed by atoms with Crippen LogP contribution in [0.4, 0.5) is 0 Å². The normalized spacial score (nSPS) is 18.1. The number of rotatable bonds is 4. The molecule has 9 heteroatoms. The predicted octanol–water partition coefficient (Wildman–Crippen LogP) is 2.65. The number of hydrogen-bond acceptors (Lipinski definition) is 6. The number of nitrogens with zero attached hydrogens (tertiary/aromatic N) is 3. The summed E-state index contributed by atoms with van der Waals surface area (Å²) in [7, 11) is 0. The van der Waals surface area contributed by atoms with E-state index in [1.807, 2.05) is 35.2 Å². The first kappa shape index (κ1) is 21.6. The van der Waals surface area contributed by atoms with Gasteiger partial charge in [0, 0.05) is 43.0 Å². The summed E-state index contributed by atoms with van der Waals surface area (Å²) in [6.07, 6.45) is 3.78. The fraction of sp³-hybridized carbons (Fsp3) is 0.240. The molecule has 0 aliphatic carbocycles. The van der Waals surface area contributed by atoms with E-state index in [1.165, 1.54) is 0 Å². The molecule has 0 saturated carbocycles. The molecule has 0 unspecified atom stereocenters. The van der Waals surface area contributed by atoms with Crippen LogP contribution in [0.3, 0.4) is 0 Å². The minimum Gasteiger partial charge on any atom is -0.413 e. The molecule has 4 aromatic rings. The largest absolute Gasteiger partial charge is 0.417 e. The molecule has 1 saturated heterocycles. The van der Waals surface area contributed by atoms with Crippen LogP contribution in [0.25, 0.3) is 11.0 Å². The fourth-order valence-corrected chi connectivity index (χ4v) is 4.49. The second-order valence-electron chi connectivity index (χ2n) is 8.34. The lowest BCUT2D eigenvalue weighted by atomic mass is 9.85. The smallest absolute Gasteiger partial charge is 0.413 e. The zero-order valence-corrected chi connectivity index (χ0v) is 18.5. The van der Waals surface area contributed by atoms with Gasteiger partial charge in [0.15, 0.2) is 0 Å². The third-order valence-corrected chi connectivity index (χ3v) is 6.21. The molecule has 1 aliphatic heterocycles. The van der Waals surface area contributed by atoms with Crippen LogP contribution in [0.5, 0.6) is 0 Å². The highest BCUT2D eigenvalue weighted by Crippen LogP contribution is 2.29. The number of aromatic amines is 1. The molecule has 34 heavy (non-hydrogen) atoms. The molecule has 0 spiro atoms. The van der Waals surface area contributed by atoms with Crippen molar-refractivity contribution >= 4 is 22.8 Å². The molecule has 2 N–H and O–H groups in total. The van der Waals surface area contributed by atoms with E-state index in [2.05, 4.69) is 20.3 Å². The maximum absolute atomic E-state index is 13.4. The Labute approximate surface area is 194 Å². The SMILES string of the molecule is Cc1oc(=O)[nH]c1C(=O)N[C@@H]1CCN(C(=O)c2ccc3nccnc3c2)C[C@@H]1c1ccccc1. The number of fused-ring (bicyclic) bond motifs is 1. The van der Waals surface area contributed by atoms with Gasteiger partial charge in [-0.3, -0.25) is 24.5 Å². The van der Waals surface area contributed by atoms with E-state index in [0.29, 0.717) is 30.6 Å². The molecular weight excluding hydrogens is 434 g/mol. The lowest BCUT2D eigenvalue weighted by molar-refractivity contribution is 0.0671. The Hall–Kier alpha value is -4.27. The standard InChI is InChI=1S/C25H23N5O4/c1-15-22(29-25(33)34-15)23(31)28-19-9-12-30(14-18(19)16-5-3-2-4-6-16)24(32)17-7-8-20-21(13-17)27-11-10-26-20/h2-8,10-11,13,18-19H,9,12,14H2,1H3,(H,28,31)(H,29,33)/t18-,19-/m1/s1. The Morgan fingerprint density at radius 1 is 1.09 bits per heavy atom. The van der Waals surface area contributed by atoms with Crippen molar-refractivity contribution in [3.8, 4) is 0 Å². The lowest BCUT2D eigenvalue weighted by Gasteiger charge is -2.39. The zero-order chi connectivity index (χ0) is 23.7. The molecule has 2 atom stereocenters. The second kappa shape index (κ2) is 8.93. The quantitative estimate of drug-likeness (QED) is 0.486. The van der Waals surface area contributed by atoms with Gasteiger partial charge in [0.2, 0.25) is 0 Å². The topological polar surface area (TPSA) is 121 Å². The highest BCUT2D eigenvalue weighted by atomic mass is 16.4. The van der Waals surface area contributed by atoms with E-state index in [9.17, 15) is 14.4 Å². The molecule has 1 fully saturated rings. The minimum atomic E-state index is -0.664. The van der Waals surface area contributed by atoms with Crippen LogP contribution in [0.15, 0.2) is 70.1 Å². The van der Waals surface area contributed by atoms with E-state index in [-0.39, 0.29) is 29.3 Å². The molecule has 2 amide bonds. The van der Waals surface area contributed by atoms with Crippen molar-refractivity contribution in [3.05, 3.63) is 94.1 Å². The number of hydrogen-bond donors (Lipinski definition) is 2. The van der Waals surface area contributed by atoms with Crippen molar-refractivity contribution in [2.24, 2.45) is 0 Å². The summed E-state index contributed by atoms with van der Waals surface area (Å²) in [5.74, 6) is -1.04. The summed E-state index contributed by atoms with van der Waals surface area (Å²) in [5, 5.41) is 3.04. The molecule has 172 valence electrons. The lowest BCUT2D eigenvalue weighted by Crippen LogP contribution is -2.51. The summed E-state index contributed by atoms with van der Waals surface area (Å²) in [4.78, 5) is 50.5. The summed E-state index contributed by atoms with van der Waals surface area (Å²) in [6.45, 7) is 2.48. The van der Waals surface area contributed by atoms with E-state index >= 15 is 0 Å². The van der Waals surface area contributed by atoms with Gasteiger partial charge >= 0.3 is 5.76 Å². The Bertz CT molecular complexity index is 1410. The summed E-state index contributed by atoms with van der Waals surface area (Å²) in [5.41, 5.74) is 3.09. The van der Waals surface area contributed by atoms with Gasteiger partial charge in [0.05, 0.1) is 11.0 Å². The van der Waals surface area contributed by atoms with Crippen LogP contribution in [0, 0.1) is 6.92 Å². The number of aromatic nitrogens is 3. The van der Waals surface area contributed by atoms with E-state index < -0.39 is 11.7 Å². The molecule has 9 nitrogen and oxygen atoms in total. The third-order valence-electron chi connectivity index (χ3n) is 6.21. The Morgan fingerprint density at radius 2 is 1.85 bits per heavy atom. The monoisotopic (exact) mass is 457 g/mol. The van der Waals surface area contributed by atoms with Crippen LogP contribution in [-0.4, -0.2) is 50.8 Å². The van der Waals surface area contributed by atoms with Crippen LogP contribution in [0.1, 0.15) is 44.5 Å². The second-order valence-corrected chi connectivity index (χ2v) is 8.34. The summed E-state index contributed by atoms with van der Waals surface area (Å²) < 4.78 is 4.93. The number of amides is 2. The molecule has 3 heterocycles. The highest BCUT2D eigenvalue weighted by molar-refractivity contribution is 5.97. The number of oxazole rings is 1. The van der Waals surface area contributed by atoms with Crippen molar-refractivity contribution in [1.82, 2.24) is 25.2 Å². The van der Waals surface area contributed by atoms with Gasteiger partial charge in [-0.1, -0.05) is 30.3 Å². The number of piperidine rings is 1. The maximum Gasteiger partial charge on any atom is 0.417 e. The zero-order valence-electron chi connectivity index (χ0n) is 18.5. The van der Waals surface area contributed by atoms with Crippen molar-refractivity contribution in [2.75, 3.05) is 13.1 Å². The Morgan fingerprint density at radius 3 is 2.59 bits per heavy atom. The highest BCUT2D eigenvalue weighted by Gasteiger charge is 2.34. The first-order chi connectivity index (χ1) is 16.5. The molecule has 0 radical (unpaired) electrons. The number of nitrogens with one attached hydrogen (secondary N) is 2. The van der Waals surface area contributed by atoms with E-state index in [4.69, 9.17) is 4.42 Å². The number of benzene rings is 2. The Balaban J connectivity index is 1.39. The van der Waals surface area contributed by atoms with E-state index in [0.717, 1.165) is 11.1 Å². The maximum atomic E-state index is 13.4. The van der Waals surface area contributed by atoms with Gasteiger partial charge in [-0.05, 0) is 37.1 Å². The number of H-pyrrole nitrogens is 1. The average molecular weight is 457 g/mol. The first-order valence-electron chi connectivity index (χ1n) is 11.0. The van der Waals surface area contributed by atoms with Crippen molar-refractivity contribution < 1.29 is 14.0 Å². The van der Waals surface area contributed by atoms with E-state index in [1.54, 1.807) is 37.5 Å². The number of carbonyl (C=O) groups is 2. The summed E-state index contributed by atoms with van der Waals surface area (Å²) in [6, 6.07) is 14.9. The minimum absolute atomic E-state index is 0.0896. The number of aryl methyl sites for hydroxylation is 1. The number of carbonyl (C=O) groups excluding carboxylic acids is 2. The van der Waals surface area contributed by atoms with Gasteiger partial charge in [0.25, 0.3) is 11.8 Å². The molecule has 2 aromatic heterocycles. The summed E-state index contributed by atoms with van der Waals surface area (Å²) >= 11 is 0. The van der Waals surface area contributed by atoms with Gasteiger partial charge in [-0.15, -0.1) is 0 Å². The van der Waals surface area contributed by atoms with Crippen LogP contribution >= 0.6 is 0 Å². The van der Waals surface area contributed by atoms with Crippen molar-refractivity contribution in [3.63, 3.8) is 0 Å². The fourth-order valence-electron chi connectivity index (χ4n) is 4.49. The predicted molar refractivity (Wildman–Crippen MR) is 125 cm³/mol. The Kier molecular flexibility index (Phi) is 5.67. The van der Waals surface area contributed by atoms with Crippen molar-refractivity contribution in [2.45, 2.75) is 25.3 Å². The van der Waals surface area contributed by atoms with Crippen LogP contribution in [0.2, 0.25) is 0 Å². The molecule has 0 bridgehead atoms. The first-order valence-corrected chi connectivity index (χ1v) is 11.0. The molecular formula is C25H23N5O4. The van der Waals surface area contributed by atoms with Gasteiger partial charge in [-0.2, -0.15) is 0 Å². The van der Waals surface area contributed by atoms with Crippen molar-refractivity contribution in [1.29, 1.82) is 0 Å². The van der Waals surface area contributed by atoms with Crippen LogP contribution < -0.4 is 11.1 Å². The van der Waals surface area contributed by atoms with Gasteiger partial charge in [-0.25, -0.2) is 4.79 Å². The van der Waals surface area contributed by atoms with Gasteiger partial charge < -0.3 is 14.6 Å². The van der Waals surface area contributed by atoms with Crippen LogP contribution in [-0.2, 0) is 0 Å². The molecule has 1 aliphatic rings. The molecule has 2 aromatic carbocycles. The third kappa shape index (κ3) is 4.19. The van der Waals surface area contributed by atoms with Gasteiger partial charge in [0.1, 0.15) is 11.5 Å². The average Bonchev–Trinajstić information content (AvgIpc) is 3.22. The molecule has 5 rings (SSSR count).